The Labute approximate surface area is 97.4 Å². The van der Waals surface area contributed by atoms with E-state index in [9.17, 15) is 9.59 Å². The summed E-state index contributed by atoms with van der Waals surface area (Å²) in [5.41, 5.74) is 0.387. The number of benzene rings is 1. The van der Waals surface area contributed by atoms with Crippen molar-refractivity contribution in [1.82, 2.24) is 0 Å². The van der Waals surface area contributed by atoms with Crippen molar-refractivity contribution in [3.63, 3.8) is 0 Å². The second-order valence-electron chi connectivity index (χ2n) is 3.10. The maximum absolute atomic E-state index is 11.2. The van der Waals surface area contributed by atoms with Crippen LogP contribution in [-0.4, -0.2) is 24.1 Å². The van der Waals surface area contributed by atoms with Crippen LogP contribution in [0.4, 0.5) is 5.69 Å². The number of aromatic carboxylic acids is 1. The van der Waals surface area contributed by atoms with Crippen LogP contribution in [0.5, 0.6) is 5.75 Å². The molecule has 1 rings (SSSR count). The standard InChI is InChI=1S/C11H10N2O4/c1-17-9-6-7(11(15)16)2-3-8(9)13-10(14)4-5-12/h2-3,6H,4H2,1H3,(H,13,14)(H,15,16). The van der Waals surface area contributed by atoms with Gasteiger partial charge in [0.25, 0.3) is 0 Å². The lowest BCUT2D eigenvalue weighted by Gasteiger charge is -2.09. The minimum absolute atomic E-state index is 0.0557. The molecular formula is C11H10N2O4. The molecule has 0 saturated heterocycles. The maximum atomic E-state index is 11.2. The molecule has 0 bridgehead atoms. The number of ether oxygens (including phenoxy) is 1. The lowest BCUT2D eigenvalue weighted by molar-refractivity contribution is -0.115. The number of nitrogens with one attached hydrogen (secondary N) is 1. The molecule has 0 saturated carbocycles. The van der Waals surface area contributed by atoms with Crippen LogP contribution in [0.25, 0.3) is 0 Å². The second-order valence-corrected chi connectivity index (χ2v) is 3.10. The monoisotopic (exact) mass is 234 g/mol. The van der Waals surface area contributed by atoms with Gasteiger partial charge >= 0.3 is 5.97 Å². The van der Waals surface area contributed by atoms with E-state index in [-0.39, 0.29) is 17.7 Å². The molecule has 0 aliphatic rings. The summed E-state index contributed by atoms with van der Waals surface area (Å²) in [6, 6.07) is 5.76. The topological polar surface area (TPSA) is 99.4 Å². The van der Waals surface area contributed by atoms with Gasteiger partial charge in [-0.15, -0.1) is 0 Å². The van der Waals surface area contributed by atoms with E-state index in [1.165, 1.54) is 25.3 Å². The predicted octanol–water partition coefficient (Wildman–Crippen LogP) is 1.25. The molecule has 0 heterocycles. The molecule has 0 radical (unpaired) electrons. The van der Waals surface area contributed by atoms with Crippen molar-refractivity contribution in [2.45, 2.75) is 6.42 Å². The Morgan fingerprint density at radius 3 is 2.76 bits per heavy atom. The van der Waals surface area contributed by atoms with Crippen LogP contribution in [-0.2, 0) is 4.79 Å². The van der Waals surface area contributed by atoms with Crippen LogP contribution in [0.3, 0.4) is 0 Å². The third-order valence-electron chi connectivity index (χ3n) is 1.96. The number of methoxy groups -OCH3 is 1. The van der Waals surface area contributed by atoms with Crippen LogP contribution < -0.4 is 10.1 Å². The number of carbonyl (C=O) groups is 2. The summed E-state index contributed by atoms with van der Waals surface area (Å²) in [7, 11) is 1.36. The number of amides is 1. The van der Waals surface area contributed by atoms with Gasteiger partial charge in [0, 0.05) is 0 Å². The van der Waals surface area contributed by atoms with Gasteiger partial charge in [-0.25, -0.2) is 4.79 Å². The molecule has 0 aliphatic heterocycles. The average Bonchev–Trinajstić information content (AvgIpc) is 2.29. The SMILES string of the molecule is COc1cc(C(=O)O)ccc1NC(=O)CC#N. The molecule has 0 fully saturated rings. The number of nitriles is 1. The molecule has 1 aromatic carbocycles. The van der Waals surface area contributed by atoms with E-state index >= 15 is 0 Å². The van der Waals surface area contributed by atoms with Crippen molar-refractivity contribution in [2.24, 2.45) is 0 Å². The molecule has 1 amide bonds. The molecular weight excluding hydrogens is 224 g/mol. The van der Waals surface area contributed by atoms with Gasteiger partial charge in [-0.05, 0) is 18.2 Å². The minimum atomic E-state index is -1.08. The van der Waals surface area contributed by atoms with Crippen LogP contribution in [0.1, 0.15) is 16.8 Å². The van der Waals surface area contributed by atoms with Crippen LogP contribution in [0.15, 0.2) is 18.2 Å². The van der Waals surface area contributed by atoms with Gasteiger partial charge in [0.05, 0.1) is 24.4 Å². The molecule has 1 aromatic rings. The summed E-state index contributed by atoms with van der Waals surface area (Å²) < 4.78 is 4.95. The molecule has 0 unspecified atom stereocenters. The van der Waals surface area contributed by atoms with Crippen molar-refractivity contribution in [1.29, 1.82) is 5.26 Å². The molecule has 88 valence electrons. The van der Waals surface area contributed by atoms with Crippen LogP contribution in [0.2, 0.25) is 0 Å². The largest absolute Gasteiger partial charge is 0.495 e. The van der Waals surface area contributed by atoms with Crippen molar-refractivity contribution >= 4 is 17.6 Å². The molecule has 6 nitrogen and oxygen atoms in total. The lowest BCUT2D eigenvalue weighted by Crippen LogP contribution is -2.11. The van der Waals surface area contributed by atoms with E-state index in [2.05, 4.69) is 5.32 Å². The number of carboxylic acid groups (broad SMARTS) is 1. The van der Waals surface area contributed by atoms with E-state index in [0.717, 1.165) is 0 Å². The van der Waals surface area contributed by atoms with Gasteiger partial charge < -0.3 is 15.2 Å². The average molecular weight is 234 g/mol. The fraction of sp³-hybridized carbons (Fsp3) is 0.182. The number of hydrogen-bond donors (Lipinski definition) is 2. The number of carbonyl (C=O) groups excluding carboxylic acids is 1. The van der Waals surface area contributed by atoms with E-state index < -0.39 is 11.9 Å². The quantitative estimate of drug-likeness (QED) is 0.816. The van der Waals surface area contributed by atoms with E-state index in [0.29, 0.717) is 5.69 Å². The highest BCUT2D eigenvalue weighted by atomic mass is 16.5. The minimum Gasteiger partial charge on any atom is -0.495 e. The van der Waals surface area contributed by atoms with Gasteiger partial charge in [0.2, 0.25) is 5.91 Å². The Morgan fingerprint density at radius 1 is 1.53 bits per heavy atom. The van der Waals surface area contributed by atoms with E-state index in [4.69, 9.17) is 15.1 Å². The van der Waals surface area contributed by atoms with Gasteiger partial charge in [-0.1, -0.05) is 0 Å². The zero-order chi connectivity index (χ0) is 12.8. The van der Waals surface area contributed by atoms with E-state index in [1.807, 2.05) is 0 Å². The zero-order valence-electron chi connectivity index (χ0n) is 9.06. The Kier molecular flexibility index (Phi) is 4.06. The summed E-state index contributed by atoms with van der Waals surface area (Å²) in [6.45, 7) is 0. The molecule has 0 spiro atoms. The van der Waals surface area contributed by atoms with Gasteiger partial charge in [-0.2, -0.15) is 5.26 Å². The summed E-state index contributed by atoms with van der Waals surface area (Å²) in [5.74, 6) is -1.33. The fourth-order valence-corrected chi connectivity index (χ4v) is 1.19. The van der Waals surface area contributed by atoms with Crippen molar-refractivity contribution < 1.29 is 19.4 Å². The Hall–Kier alpha value is -2.55. The first-order chi connectivity index (χ1) is 8.08. The third kappa shape index (κ3) is 3.21. The lowest BCUT2D eigenvalue weighted by atomic mass is 10.2. The third-order valence-corrected chi connectivity index (χ3v) is 1.96. The summed E-state index contributed by atoms with van der Waals surface area (Å²) in [4.78, 5) is 21.9. The number of anilines is 1. The number of hydrogen-bond acceptors (Lipinski definition) is 4. The first-order valence-electron chi connectivity index (χ1n) is 4.66. The van der Waals surface area contributed by atoms with Crippen LogP contribution in [0, 0.1) is 11.3 Å². The van der Waals surface area contributed by atoms with Gasteiger partial charge in [0.15, 0.2) is 0 Å². The highest BCUT2D eigenvalue weighted by Crippen LogP contribution is 2.25. The van der Waals surface area contributed by atoms with Crippen molar-refractivity contribution in [3.8, 4) is 11.8 Å². The maximum Gasteiger partial charge on any atom is 0.335 e. The van der Waals surface area contributed by atoms with Crippen molar-refractivity contribution in [3.05, 3.63) is 23.8 Å². The summed E-state index contributed by atoms with van der Waals surface area (Å²) in [5, 5.41) is 19.6. The molecule has 0 aromatic heterocycles. The molecule has 17 heavy (non-hydrogen) atoms. The first kappa shape index (κ1) is 12.5. The molecule has 0 atom stereocenters. The number of carboxylic acids is 1. The summed E-state index contributed by atoms with van der Waals surface area (Å²) >= 11 is 0. The Bertz CT molecular complexity index is 491. The smallest absolute Gasteiger partial charge is 0.335 e. The molecule has 0 aliphatic carbocycles. The van der Waals surface area contributed by atoms with Crippen molar-refractivity contribution in [2.75, 3.05) is 12.4 Å². The zero-order valence-corrected chi connectivity index (χ0v) is 9.06. The van der Waals surface area contributed by atoms with E-state index in [1.54, 1.807) is 6.07 Å². The summed E-state index contributed by atoms with van der Waals surface area (Å²) in [6.07, 6.45) is -0.274. The van der Waals surface area contributed by atoms with Crippen LogP contribution >= 0.6 is 0 Å². The van der Waals surface area contributed by atoms with Gasteiger partial charge in [0.1, 0.15) is 12.2 Å². The Balaban J connectivity index is 2.97. The number of nitrogens with zero attached hydrogens (tertiary/aromatic N) is 1. The Morgan fingerprint density at radius 2 is 2.24 bits per heavy atom. The predicted molar refractivity (Wildman–Crippen MR) is 58.8 cm³/mol. The molecule has 2 N–H and O–H groups in total. The molecule has 6 heteroatoms. The highest BCUT2D eigenvalue weighted by molar-refractivity contribution is 5.95. The highest BCUT2D eigenvalue weighted by Gasteiger charge is 2.10. The van der Waals surface area contributed by atoms with Gasteiger partial charge in [-0.3, -0.25) is 4.79 Å². The second kappa shape index (κ2) is 5.51. The normalized spacial score (nSPS) is 9.18. The number of rotatable bonds is 4. The fourth-order valence-electron chi connectivity index (χ4n) is 1.19. The first-order valence-corrected chi connectivity index (χ1v) is 4.66.